The molecule has 0 radical (unpaired) electrons. The topological polar surface area (TPSA) is 72.1 Å². The van der Waals surface area contributed by atoms with Crippen molar-refractivity contribution in [2.75, 3.05) is 11.6 Å². The molecule has 0 bridgehead atoms. The van der Waals surface area contributed by atoms with Gasteiger partial charge in [0.2, 0.25) is 0 Å². The van der Waals surface area contributed by atoms with Crippen LogP contribution in [0.3, 0.4) is 0 Å². The van der Waals surface area contributed by atoms with Crippen LogP contribution in [0.25, 0.3) is 17.4 Å². The van der Waals surface area contributed by atoms with E-state index in [-0.39, 0.29) is 28.5 Å². The number of amides is 1. The molecule has 2 heterocycles. The maximum absolute atomic E-state index is 13.1. The number of hydrogen-bond donors (Lipinski definition) is 0. The Bertz CT molecular complexity index is 1390. The quantitative estimate of drug-likeness (QED) is 0.261. The lowest BCUT2D eigenvalue weighted by molar-refractivity contribution is -0.137. The van der Waals surface area contributed by atoms with Gasteiger partial charge in [-0.05, 0) is 68.0 Å². The average molecular weight is 517 g/mol. The van der Waals surface area contributed by atoms with Gasteiger partial charge in [-0.2, -0.15) is 23.3 Å². The second-order valence-corrected chi connectivity index (χ2v) is 8.35. The van der Waals surface area contributed by atoms with Gasteiger partial charge >= 0.3 is 12.1 Å². The number of carbonyl (C=O) groups excluding carboxylic acids is 2. The Morgan fingerprint density at radius 1 is 1.17 bits per heavy atom. The summed E-state index contributed by atoms with van der Waals surface area (Å²) in [6, 6.07) is 12.5. The molecule has 4 rings (SSSR count). The number of ether oxygens (including phenoxy) is 1. The lowest BCUT2D eigenvalue weighted by atomic mass is 10.1. The zero-order valence-electron chi connectivity index (χ0n) is 19.2. The minimum atomic E-state index is -4.55. The standard InChI is InChI=1S/C26H20ClF3N2O4/c1-3-11-35-25(34)21-12-16(7-9-22(21)27)23-10-8-19(36-23)14-20-15(2)31-32(24(20)33)18-6-4-5-17(13-18)26(28,29)30/h4-10,12-14H,3,11H2,1-2H3/b20-14+. The molecule has 0 N–H and O–H groups in total. The van der Waals surface area contributed by atoms with E-state index in [1.807, 2.05) is 6.92 Å². The van der Waals surface area contributed by atoms with Gasteiger partial charge in [0.15, 0.2) is 0 Å². The first-order valence-electron chi connectivity index (χ1n) is 10.9. The van der Waals surface area contributed by atoms with Crippen molar-refractivity contribution in [1.82, 2.24) is 0 Å². The molecule has 186 valence electrons. The Hall–Kier alpha value is -3.85. The van der Waals surface area contributed by atoms with E-state index < -0.39 is 23.6 Å². The van der Waals surface area contributed by atoms with Crippen molar-refractivity contribution >= 4 is 41.0 Å². The van der Waals surface area contributed by atoms with Crippen LogP contribution in [0, 0.1) is 0 Å². The van der Waals surface area contributed by atoms with E-state index in [2.05, 4.69) is 5.10 Å². The molecular formula is C26H20ClF3N2O4. The maximum Gasteiger partial charge on any atom is 0.416 e. The number of rotatable bonds is 6. The van der Waals surface area contributed by atoms with Crippen LogP contribution >= 0.6 is 11.6 Å². The molecule has 1 aliphatic heterocycles. The molecule has 36 heavy (non-hydrogen) atoms. The average Bonchev–Trinajstić information content (AvgIpc) is 3.42. The third-order valence-electron chi connectivity index (χ3n) is 5.30. The van der Waals surface area contributed by atoms with Gasteiger partial charge in [-0.1, -0.05) is 24.6 Å². The lowest BCUT2D eigenvalue weighted by Gasteiger charge is -2.14. The molecule has 1 aromatic heterocycles. The van der Waals surface area contributed by atoms with E-state index in [1.54, 1.807) is 37.3 Å². The number of anilines is 1. The van der Waals surface area contributed by atoms with E-state index in [9.17, 15) is 22.8 Å². The number of hydrazone groups is 1. The van der Waals surface area contributed by atoms with Crippen molar-refractivity contribution in [3.05, 3.63) is 82.1 Å². The molecule has 2 aromatic carbocycles. The fraction of sp³-hybridized carbons (Fsp3) is 0.192. The summed E-state index contributed by atoms with van der Waals surface area (Å²) in [5.74, 6) is -0.399. The summed E-state index contributed by atoms with van der Waals surface area (Å²) in [5, 5.41) is 5.29. The summed E-state index contributed by atoms with van der Waals surface area (Å²) in [5.41, 5.74) is 0.387. The molecule has 0 fully saturated rings. The Kier molecular flexibility index (Phi) is 7.03. The van der Waals surface area contributed by atoms with Crippen LogP contribution in [0.1, 0.15) is 41.9 Å². The highest BCUT2D eigenvalue weighted by atomic mass is 35.5. The van der Waals surface area contributed by atoms with Crippen LogP contribution in [0.2, 0.25) is 5.02 Å². The molecule has 0 spiro atoms. The predicted molar refractivity (Wildman–Crippen MR) is 130 cm³/mol. The largest absolute Gasteiger partial charge is 0.462 e. The van der Waals surface area contributed by atoms with Gasteiger partial charge in [0.1, 0.15) is 11.5 Å². The second-order valence-electron chi connectivity index (χ2n) is 7.94. The number of nitrogens with zero attached hydrogens (tertiary/aromatic N) is 2. The number of esters is 1. The third-order valence-corrected chi connectivity index (χ3v) is 5.63. The smallest absolute Gasteiger partial charge is 0.416 e. The molecule has 3 aromatic rings. The number of carbonyl (C=O) groups is 2. The first kappa shape index (κ1) is 25.2. The van der Waals surface area contributed by atoms with Crippen LogP contribution in [0.5, 0.6) is 0 Å². The first-order chi connectivity index (χ1) is 17.1. The number of halogens is 4. The molecule has 0 saturated carbocycles. The Labute approximate surface area is 209 Å². The minimum Gasteiger partial charge on any atom is -0.462 e. The predicted octanol–water partition coefficient (Wildman–Crippen LogP) is 6.99. The SMILES string of the molecule is CCCOC(=O)c1cc(-c2ccc(/C=C3/C(=O)N(c4cccc(C(F)(F)F)c4)N=C3C)o2)ccc1Cl. The summed E-state index contributed by atoms with van der Waals surface area (Å²) in [7, 11) is 0. The molecule has 1 aliphatic rings. The van der Waals surface area contributed by atoms with Gasteiger partial charge in [0, 0.05) is 5.56 Å². The monoisotopic (exact) mass is 516 g/mol. The van der Waals surface area contributed by atoms with Crippen LogP contribution in [-0.2, 0) is 15.7 Å². The van der Waals surface area contributed by atoms with E-state index in [4.69, 9.17) is 20.8 Å². The van der Waals surface area contributed by atoms with Crippen molar-refractivity contribution in [3.8, 4) is 11.3 Å². The number of alkyl halides is 3. The lowest BCUT2D eigenvalue weighted by Crippen LogP contribution is -2.21. The van der Waals surface area contributed by atoms with Gasteiger partial charge in [-0.25, -0.2) is 4.79 Å². The number of hydrogen-bond acceptors (Lipinski definition) is 5. The molecule has 10 heteroatoms. The van der Waals surface area contributed by atoms with Crippen LogP contribution in [-0.4, -0.2) is 24.2 Å². The second kappa shape index (κ2) is 10.0. The Morgan fingerprint density at radius 3 is 2.67 bits per heavy atom. The summed E-state index contributed by atoms with van der Waals surface area (Å²) < 4.78 is 50.3. The van der Waals surface area contributed by atoms with Crippen molar-refractivity contribution in [3.63, 3.8) is 0 Å². The van der Waals surface area contributed by atoms with E-state index in [0.29, 0.717) is 29.2 Å². The maximum atomic E-state index is 13.1. The number of benzene rings is 2. The van der Waals surface area contributed by atoms with Crippen LogP contribution < -0.4 is 5.01 Å². The first-order valence-corrected chi connectivity index (χ1v) is 11.3. The molecule has 1 amide bonds. The highest BCUT2D eigenvalue weighted by Crippen LogP contribution is 2.34. The van der Waals surface area contributed by atoms with Crippen LogP contribution in [0.15, 0.2) is 69.7 Å². The molecular weight excluding hydrogens is 497 g/mol. The van der Waals surface area contributed by atoms with Gasteiger partial charge in [-0.15, -0.1) is 0 Å². The molecule has 0 atom stereocenters. The summed E-state index contributed by atoms with van der Waals surface area (Å²) in [6.45, 7) is 3.73. The van der Waals surface area contributed by atoms with E-state index >= 15 is 0 Å². The van der Waals surface area contributed by atoms with E-state index in [1.165, 1.54) is 18.2 Å². The summed E-state index contributed by atoms with van der Waals surface area (Å²) in [4.78, 5) is 25.2. The summed E-state index contributed by atoms with van der Waals surface area (Å²) in [6.07, 6.45) is -2.41. The third kappa shape index (κ3) is 5.21. The summed E-state index contributed by atoms with van der Waals surface area (Å²) >= 11 is 6.15. The molecule has 6 nitrogen and oxygen atoms in total. The molecule has 0 aliphatic carbocycles. The fourth-order valence-corrected chi connectivity index (χ4v) is 3.70. The van der Waals surface area contributed by atoms with E-state index in [0.717, 1.165) is 17.1 Å². The van der Waals surface area contributed by atoms with Crippen molar-refractivity contribution < 1.29 is 31.9 Å². The zero-order valence-corrected chi connectivity index (χ0v) is 20.0. The fourth-order valence-electron chi connectivity index (χ4n) is 3.51. The highest BCUT2D eigenvalue weighted by Gasteiger charge is 2.33. The van der Waals surface area contributed by atoms with Crippen molar-refractivity contribution in [1.29, 1.82) is 0 Å². The zero-order chi connectivity index (χ0) is 26.0. The molecule has 0 saturated heterocycles. The van der Waals surface area contributed by atoms with Crippen molar-refractivity contribution in [2.45, 2.75) is 26.4 Å². The van der Waals surface area contributed by atoms with Gasteiger partial charge in [0.05, 0.1) is 39.7 Å². The molecule has 0 unspecified atom stereocenters. The Balaban J connectivity index is 1.58. The Morgan fingerprint density at radius 2 is 1.94 bits per heavy atom. The van der Waals surface area contributed by atoms with Gasteiger partial charge < -0.3 is 9.15 Å². The highest BCUT2D eigenvalue weighted by molar-refractivity contribution is 6.33. The van der Waals surface area contributed by atoms with Crippen LogP contribution in [0.4, 0.5) is 18.9 Å². The van der Waals surface area contributed by atoms with Crippen molar-refractivity contribution in [2.24, 2.45) is 5.10 Å². The minimum absolute atomic E-state index is 0.00126. The van der Waals surface area contributed by atoms with Gasteiger partial charge in [-0.3, -0.25) is 4.79 Å². The number of furan rings is 1. The normalized spacial score (nSPS) is 14.9. The van der Waals surface area contributed by atoms with Gasteiger partial charge in [0.25, 0.3) is 5.91 Å².